The lowest BCUT2D eigenvalue weighted by atomic mass is 10.2. The first kappa shape index (κ1) is 13.3. The fraction of sp³-hybridized carbons (Fsp3) is 0. The monoisotopic (exact) mass is 304 g/mol. The summed E-state index contributed by atoms with van der Waals surface area (Å²) in [5.74, 6) is -1.27. The molecular formula is C14H7ClF2N4. The molecule has 0 aliphatic rings. The van der Waals surface area contributed by atoms with E-state index in [1.165, 1.54) is 22.8 Å². The third-order valence-electron chi connectivity index (χ3n) is 3.04. The Labute approximate surface area is 123 Å². The van der Waals surface area contributed by atoms with Gasteiger partial charge in [0.05, 0.1) is 33.4 Å². The first-order valence-electron chi connectivity index (χ1n) is 5.84. The van der Waals surface area contributed by atoms with E-state index in [4.69, 9.17) is 22.6 Å². The van der Waals surface area contributed by atoms with Crippen molar-refractivity contribution in [3.8, 4) is 11.8 Å². The molecule has 0 saturated carbocycles. The van der Waals surface area contributed by atoms with Crippen molar-refractivity contribution in [2.75, 3.05) is 5.73 Å². The molecule has 0 amide bonds. The molecule has 7 heteroatoms. The highest BCUT2D eigenvalue weighted by Crippen LogP contribution is 2.28. The number of aromatic nitrogens is 2. The Hall–Kier alpha value is -2.65. The molecule has 0 aliphatic heterocycles. The zero-order valence-electron chi connectivity index (χ0n) is 10.4. The van der Waals surface area contributed by atoms with Crippen LogP contribution in [0, 0.1) is 23.0 Å². The molecule has 0 fully saturated rings. The third kappa shape index (κ3) is 2.08. The number of nitrogens with zero attached hydrogens (tertiary/aromatic N) is 3. The zero-order chi connectivity index (χ0) is 15.1. The van der Waals surface area contributed by atoms with Crippen molar-refractivity contribution in [3.63, 3.8) is 0 Å². The molecule has 104 valence electrons. The number of imidazole rings is 1. The smallest absolute Gasteiger partial charge is 0.206 e. The van der Waals surface area contributed by atoms with Gasteiger partial charge in [-0.3, -0.25) is 4.57 Å². The average molecular weight is 305 g/mol. The number of benzene rings is 2. The van der Waals surface area contributed by atoms with Crippen LogP contribution in [-0.2, 0) is 0 Å². The summed E-state index contributed by atoms with van der Waals surface area (Å²) in [7, 11) is 0. The van der Waals surface area contributed by atoms with E-state index in [1.54, 1.807) is 0 Å². The Kier molecular flexibility index (Phi) is 3.00. The summed E-state index contributed by atoms with van der Waals surface area (Å²) in [6, 6.07) is 8.25. The van der Waals surface area contributed by atoms with Gasteiger partial charge in [0.2, 0.25) is 5.95 Å². The van der Waals surface area contributed by atoms with Crippen molar-refractivity contribution in [1.82, 2.24) is 9.55 Å². The standard InChI is InChI=1S/C14H7ClF2N4/c15-8-4-13-11(5-9(8)16)20-14(19)21(13)12-2-1-7(6-18)3-10(12)17/h1-5H,(H2,19,20). The summed E-state index contributed by atoms with van der Waals surface area (Å²) in [5, 5.41) is 8.64. The molecule has 3 aromatic rings. The van der Waals surface area contributed by atoms with Crippen molar-refractivity contribution in [2.45, 2.75) is 0 Å². The van der Waals surface area contributed by atoms with Gasteiger partial charge in [0.25, 0.3) is 0 Å². The maximum Gasteiger partial charge on any atom is 0.206 e. The SMILES string of the molecule is N#Cc1ccc(-n2c(N)nc3cc(F)c(Cl)cc32)c(F)c1. The average Bonchev–Trinajstić information content (AvgIpc) is 2.75. The molecule has 3 rings (SSSR count). The molecule has 0 spiro atoms. The molecule has 0 bridgehead atoms. The maximum atomic E-state index is 14.1. The lowest BCUT2D eigenvalue weighted by molar-refractivity contribution is 0.619. The highest BCUT2D eigenvalue weighted by molar-refractivity contribution is 6.31. The molecule has 4 nitrogen and oxygen atoms in total. The molecule has 0 unspecified atom stereocenters. The summed E-state index contributed by atoms with van der Waals surface area (Å²) in [6.07, 6.45) is 0. The van der Waals surface area contributed by atoms with Gasteiger partial charge in [-0.05, 0) is 24.3 Å². The normalized spacial score (nSPS) is 10.8. The topological polar surface area (TPSA) is 67.6 Å². The summed E-state index contributed by atoms with van der Waals surface area (Å²) in [5.41, 5.74) is 6.71. The van der Waals surface area contributed by atoms with Crippen LogP contribution in [-0.4, -0.2) is 9.55 Å². The second-order valence-electron chi connectivity index (χ2n) is 4.34. The molecule has 0 radical (unpaired) electrons. The van der Waals surface area contributed by atoms with Crippen LogP contribution in [0.5, 0.6) is 0 Å². The van der Waals surface area contributed by atoms with Crippen molar-refractivity contribution >= 4 is 28.6 Å². The van der Waals surface area contributed by atoms with Crippen LogP contribution in [0.15, 0.2) is 30.3 Å². The number of hydrogen-bond donors (Lipinski definition) is 1. The Balaban J connectivity index is 2.32. The minimum Gasteiger partial charge on any atom is -0.369 e. The second kappa shape index (κ2) is 4.72. The number of anilines is 1. The van der Waals surface area contributed by atoms with Gasteiger partial charge in [-0.2, -0.15) is 5.26 Å². The molecule has 21 heavy (non-hydrogen) atoms. The van der Waals surface area contributed by atoms with Gasteiger partial charge in [-0.15, -0.1) is 0 Å². The van der Waals surface area contributed by atoms with E-state index in [0.717, 1.165) is 12.1 Å². The van der Waals surface area contributed by atoms with Crippen LogP contribution < -0.4 is 5.73 Å². The number of fused-ring (bicyclic) bond motifs is 1. The maximum absolute atomic E-state index is 14.1. The fourth-order valence-electron chi connectivity index (χ4n) is 2.10. The van der Waals surface area contributed by atoms with Gasteiger partial charge in [0.1, 0.15) is 11.6 Å². The summed E-state index contributed by atoms with van der Waals surface area (Å²) in [6.45, 7) is 0. The Morgan fingerprint density at radius 1 is 1.19 bits per heavy atom. The van der Waals surface area contributed by atoms with E-state index in [-0.39, 0.29) is 27.7 Å². The number of nitriles is 1. The molecule has 0 saturated heterocycles. The van der Waals surface area contributed by atoms with Crippen molar-refractivity contribution < 1.29 is 8.78 Å². The lowest BCUT2D eigenvalue weighted by Gasteiger charge is -2.08. The highest BCUT2D eigenvalue weighted by atomic mass is 35.5. The van der Waals surface area contributed by atoms with Crippen LogP contribution in [0.25, 0.3) is 16.7 Å². The fourth-order valence-corrected chi connectivity index (χ4v) is 2.26. The van der Waals surface area contributed by atoms with Gasteiger partial charge in [-0.25, -0.2) is 13.8 Å². The van der Waals surface area contributed by atoms with Gasteiger partial charge >= 0.3 is 0 Å². The van der Waals surface area contributed by atoms with Gasteiger partial charge in [-0.1, -0.05) is 11.6 Å². The second-order valence-corrected chi connectivity index (χ2v) is 4.75. The Morgan fingerprint density at radius 3 is 2.62 bits per heavy atom. The predicted octanol–water partition coefficient (Wildman–Crippen LogP) is 3.41. The molecule has 0 aliphatic carbocycles. The highest BCUT2D eigenvalue weighted by Gasteiger charge is 2.16. The van der Waals surface area contributed by atoms with Crippen molar-refractivity contribution in [3.05, 3.63) is 52.6 Å². The number of nitrogen functional groups attached to an aromatic ring is 1. The minimum absolute atomic E-state index is 0.00438. The third-order valence-corrected chi connectivity index (χ3v) is 3.33. The van der Waals surface area contributed by atoms with E-state index in [2.05, 4.69) is 4.98 Å². The number of rotatable bonds is 1. The van der Waals surface area contributed by atoms with E-state index in [9.17, 15) is 8.78 Å². The van der Waals surface area contributed by atoms with Crippen LogP contribution >= 0.6 is 11.6 Å². The molecule has 1 aromatic heterocycles. The number of halogens is 3. The minimum atomic E-state index is -0.638. The van der Waals surface area contributed by atoms with E-state index >= 15 is 0 Å². The molecular weight excluding hydrogens is 298 g/mol. The van der Waals surface area contributed by atoms with Crippen LogP contribution in [0.4, 0.5) is 14.7 Å². The Bertz CT molecular complexity index is 911. The molecule has 0 atom stereocenters. The van der Waals surface area contributed by atoms with E-state index in [0.29, 0.717) is 5.52 Å². The predicted molar refractivity (Wildman–Crippen MR) is 75.1 cm³/mol. The zero-order valence-corrected chi connectivity index (χ0v) is 11.2. The van der Waals surface area contributed by atoms with Crippen LogP contribution in [0.3, 0.4) is 0 Å². The van der Waals surface area contributed by atoms with Crippen LogP contribution in [0.2, 0.25) is 5.02 Å². The van der Waals surface area contributed by atoms with Gasteiger partial charge in [0.15, 0.2) is 0 Å². The van der Waals surface area contributed by atoms with Crippen molar-refractivity contribution in [1.29, 1.82) is 5.26 Å². The first-order chi connectivity index (χ1) is 10.0. The van der Waals surface area contributed by atoms with Gasteiger partial charge < -0.3 is 5.73 Å². The van der Waals surface area contributed by atoms with E-state index < -0.39 is 11.6 Å². The largest absolute Gasteiger partial charge is 0.369 e. The quantitative estimate of drug-likeness (QED) is 0.749. The van der Waals surface area contributed by atoms with E-state index in [1.807, 2.05) is 6.07 Å². The number of hydrogen-bond acceptors (Lipinski definition) is 3. The summed E-state index contributed by atoms with van der Waals surface area (Å²) < 4.78 is 28.9. The lowest BCUT2D eigenvalue weighted by Crippen LogP contribution is -2.03. The first-order valence-corrected chi connectivity index (χ1v) is 6.22. The van der Waals surface area contributed by atoms with Gasteiger partial charge in [0, 0.05) is 6.07 Å². The molecule has 2 aromatic carbocycles. The molecule has 1 heterocycles. The van der Waals surface area contributed by atoms with Crippen LogP contribution in [0.1, 0.15) is 5.56 Å². The van der Waals surface area contributed by atoms with Crippen molar-refractivity contribution in [2.24, 2.45) is 0 Å². The molecule has 2 N–H and O–H groups in total. The summed E-state index contributed by atoms with van der Waals surface area (Å²) >= 11 is 5.75. The number of nitrogens with two attached hydrogens (primary N) is 1. The summed E-state index contributed by atoms with van der Waals surface area (Å²) in [4.78, 5) is 3.99. The Morgan fingerprint density at radius 2 is 1.95 bits per heavy atom.